The molecule has 44 heavy (non-hydrogen) atoms. The molecular weight excluding hydrogens is 584 g/mol. The molecule has 2 unspecified atom stereocenters. The van der Waals surface area contributed by atoms with Gasteiger partial charge < -0.3 is 48.8 Å². The number of hydrogen-bond acceptors (Lipinski definition) is 14. The molecule has 1 aliphatic carbocycles. The number of benzene rings is 2. The molecule has 0 amide bonds. The number of phenols is 2. The van der Waals surface area contributed by atoms with Crippen molar-refractivity contribution in [1.29, 1.82) is 0 Å². The van der Waals surface area contributed by atoms with E-state index in [1.165, 1.54) is 52.7 Å². The number of aromatic hydroxyl groups is 2. The van der Waals surface area contributed by atoms with Crippen molar-refractivity contribution in [3.8, 4) is 34.5 Å². The quantitative estimate of drug-likeness (QED) is 0.200. The lowest BCUT2D eigenvalue weighted by molar-refractivity contribution is -0.142. The van der Waals surface area contributed by atoms with Crippen LogP contribution in [-0.2, 0) is 28.7 Å². The minimum absolute atomic E-state index is 0.0833. The predicted molar refractivity (Wildman–Crippen MR) is 150 cm³/mol. The van der Waals surface area contributed by atoms with Crippen molar-refractivity contribution in [2.75, 3.05) is 42.7 Å². The zero-order valence-electron chi connectivity index (χ0n) is 24.7. The molecule has 1 aliphatic rings. The lowest BCUT2D eigenvalue weighted by atomic mass is 9.75. The second-order valence-corrected chi connectivity index (χ2v) is 9.40. The molecule has 0 heterocycles. The van der Waals surface area contributed by atoms with E-state index in [2.05, 4.69) is 0 Å². The first kappa shape index (κ1) is 33.1. The Balaban J connectivity index is 2.27. The maximum Gasteiger partial charge on any atom is 0.306 e. The Morgan fingerprint density at radius 3 is 1.07 bits per heavy atom. The fourth-order valence-electron chi connectivity index (χ4n) is 4.86. The van der Waals surface area contributed by atoms with Gasteiger partial charge in [-0.25, -0.2) is 0 Å². The molecule has 2 atom stereocenters. The number of hydrogen-bond donors (Lipinski definition) is 4. The molecule has 0 spiro atoms. The highest BCUT2D eigenvalue weighted by Crippen LogP contribution is 2.47. The van der Waals surface area contributed by atoms with Crippen LogP contribution in [-0.4, -0.2) is 86.6 Å². The maximum absolute atomic E-state index is 13.8. The van der Waals surface area contributed by atoms with Gasteiger partial charge >= 0.3 is 11.9 Å². The average Bonchev–Trinajstić information content (AvgIpc) is 3.02. The van der Waals surface area contributed by atoms with Crippen molar-refractivity contribution >= 4 is 23.5 Å². The first-order valence-electron chi connectivity index (χ1n) is 12.9. The molecule has 0 saturated heterocycles. The third-order valence-corrected chi connectivity index (χ3v) is 7.13. The van der Waals surface area contributed by atoms with Gasteiger partial charge in [0, 0.05) is 11.8 Å². The van der Waals surface area contributed by atoms with E-state index in [0.717, 1.165) is 14.2 Å². The summed E-state index contributed by atoms with van der Waals surface area (Å²) in [5, 5.41) is 43.2. The summed E-state index contributed by atoms with van der Waals surface area (Å²) < 4.78 is 30.2. The van der Waals surface area contributed by atoms with Crippen LogP contribution in [0.2, 0.25) is 0 Å². The number of esters is 2. The number of carbonyl (C=O) groups is 4. The molecule has 14 heteroatoms. The van der Waals surface area contributed by atoms with Crippen LogP contribution in [0, 0.1) is 0 Å². The van der Waals surface area contributed by atoms with E-state index in [4.69, 9.17) is 28.4 Å². The van der Waals surface area contributed by atoms with Crippen LogP contribution in [0.5, 0.6) is 34.5 Å². The van der Waals surface area contributed by atoms with Crippen molar-refractivity contribution < 1.29 is 68.0 Å². The van der Waals surface area contributed by atoms with Crippen molar-refractivity contribution in [1.82, 2.24) is 0 Å². The smallest absolute Gasteiger partial charge is 0.306 e. The predicted octanol–water partition coefficient (Wildman–Crippen LogP) is 2.90. The largest absolute Gasteiger partial charge is 0.504 e. The van der Waals surface area contributed by atoms with Crippen LogP contribution in [0.1, 0.15) is 35.8 Å². The van der Waals surface area contributed by atoms with Crippen LogP contribution in [0.25, 0.3) is 0 Å². The summed E-state index contributed by atoms with van der Waals surface area (Å²) in [5.74, 6) is -10.4. The number of allylic oxidation sites excluding steroid dienone is 2. The third-order valence-electron chi connectivity index (χ3n) is 7.13. The normalized spacial score (nSPS) is 14.6. The molecule has 2 aromatic carbocycles. The molecule has 0 aliphatic heterocycles. The van der Waals surface area contributed by atoms with Gasteiger partial charge in [-0.1, -0.05) is 0 Å². The zero-order valence-corrected chi connectivity index (χ0v) is 24.7. The Hall–Kier alpha value is -5.40. The summed E-state index contributed by atoms with van der Waals surface area (Å²) in [4.78, 5) is 52.5. The van der Waals surface area contributed by atoms with Gasteiger partial charge in [-0.3, -0.25) is 19.2 Å². The standard InChI is InChI=1S/C30H32O14/c1-39-17-7-13(8-18(40-2)25(17)33)15(11-21(31)43-5)23-27(35)29(37)24(30(38)28(23)36)16(12-22(32)44-6)14-9-19(41-3)26(34)20(10-14)42-4/h7-10,15-16,33-35,38H,11-12H2,1-6H3. The number of Topliss-reactive ketones (excluding diaryl/α,β-unsaturated/α-hetero) is 2. The van der Waals surface area contributed by atoms with Crippen molar-refractivity contribution in [2.45, 2.75) is 24.7 Å². The molecule has 0 aromatic heterocycles. The Kier molecular flexibility index (Phi) is 10.3. The van der Waals surface area contributed by atoms with E-state index in [1.54, 1.807) is 0 Å². The number of aliphatic hydroxyl groups excluding tert-OH is 2. The van der Waals surface area contributed by atoms with Crippen LogP contribution in [0.15, 0.2) is 46.9 Å². The van der Waals surface area contributed by atoms with E-state index in [1.807, 2.05) is 0 Å². The molecule has 14 nitrogen and oxygen atoms in total. The molecule has 0 fully saturated rings. The van der Waals surface area contributed by atoms with E-state index in [-0.39, 0.29) is 34.1 Å². The number of methoxy groups -OCH3 is 6. The van der Waals surface area contributed by atoms with Crippen LogP contribution in [0.4, 0.5) is 0 Å². The molecule has 0 saturated carbocycles. The van der Waals surface area contributed by atoms with Gasteiger partial charge in [0.15, 0.2) is 34.5 Å². The number of ether oxygens (including phenoxy) is 6. The Bertz CT molecular complexity index is 1390. The van der Waals surface area contributed by atoms with Crippen LogP contribution < -0.4 is 18.9 Å². The highest BCUT2D eigenvalue weighted by Gasteiger charge is 2.43. The molecule has 4 N–H and O–H groups in total. The maximum atomic E-state index is 13.8. The number of carbonyl (C=O) groups excluding carboxylic acids is 4. The van der Waals surface area contributed by atoms with Gasteiger partial charge in [0.2, 0.25) is 23.1 Å². The molecule has 236 valence electrons. The first-order valence-corrected chi connectivity index (χ1v) is 12.9. The summed E-state index contributed by atoms with van der Waals surface area (Å²) >= 11 is 0. The number of aliphatic hydroxyl groups is 2. The topological polar surface area (TPSA) is 205 Å². The van der Waals surface area contributed by atoms with Crippen LogP contribution in [0.3, 0.4) is 0 Å². The summed E-state index contributed by atoms with van der Waals surface area (Å²) in [6.07, 6.45) is -1.18. The van der Waals surface area contributed by atoms with Crippen molar-refractivity contribution in [3.05, 3.63) is 58.1 Å². The molecule has 0 radical (unpaired) electrons. The average molecular weight is 617 g/mol. The van der Waals surface area contributed by atoms with E-state index in [9.17, 15) is 39.6 Å². The fraction of sp³-hybridized carbons (Fsp3) is 0.333. The van der Waals surface area contributed by atoms with E-state index < -0.39 is 82.3 Å². The Labute approximate surface area is 251 Å². The third kappa shape index (κ3) is 6.19. The van der Waals surface area contributed by atoms with Gasteiger partial charge in [-0.05, 0) is 35.4 Å². The SMILES string of the molecule is COC(=O)CC(C1=C(O)C(=O)C(C(CC(=O)OC)c2cc(OC)c(O)c(OC)c2)=C(O)C1=O)c1cc(OC)c(O)c(OC)c1. The lowest BCUT2D eigenvalue weighted by Crippen LogP contribution is -2.31. The van der Waals surface area contributed by atoms with E-state index in [0.29, 0.717) is 0 Å². The minimum atomic E-state index is -1.40. The van der Waals surface area contributed by atoms with Crippen molar-refractivity contribution in [3.63, 3.8) is 0 Å². The van der Waals surface area contributed by atoms with Gasteiger partial charge in [0.05, 0.1) is 66.6 Å². The minimum Gasteiger partial charge on any atom is -0.504 e. The number of ketones is 2. The Morgan fingerprint density at radius 2 is 0.841 bits per heavy atom. The van der Waals surface area contributed by atoms with Crippen molar-refractivity contribution in [2.24, 2.45) is 0 Å². The van der Waals surface area contributed by atoms with Gasteiger partial charge in [0.1, 0.15) is 0 Å². The summed E-state index contributed by atoms with van der Waals surface area (Å²) in [5.41, 5.74) is -1.15. The summed E-state index contributed by atoms with van der Waals surface area (Å²) in [7, 11) is 7.16. The molecule has 3 rings (SSSR count). The van der Waals surface area contributed by atoms with E-state index >= 15 is 0 Å². The second kappa shape index (κ2) is 13.7. The van der Waals surface area contributed by atoms with Gasteiger partial charge in [0.25, 0.3) is 0 Å². The monoisotopic (exact) mass is 616 g/mol. The lowest BCUT2D eigenvalue weighted by Gasteiger charge is -2.28. The van der Waals surface area contributed by atoms with Crippen LogP contribution >= 0.6 is 0 Å². The number of phenolic OH excluding ortho intramolecular Hbond substituents is 2. The molecule has 2 aromatic rings. The Morgan fingerprint density at radius 1 is 0.568 bits per heavy atom. The van der Waals surface area contributed by atoms with Gasteiger partial charge in [-0.2, -0.15) is 0 Å². The fourth-order valence-corrected chi connectivity index (χ4v) is 4.86. The highest BCUT2D eigenvalue weighted by atomic mass is 16.5. The van der Waals surface area contributed by atoms with Gasteiger partial charge in [-0.15, -0.1) is 0 Å². The zero-order chi connectivity index (χ0) is 32.9. The summed E-state index contributed by atoms with van der Waals surface area (Å²) in [6, 6.07) is 5.04. The first-order chi connectivity index (χ1) is 20.9. The second-order valence-electron chi connectivity index (χ2n) is 9.40. The molecule has 0 bridgehead atoms. The highest BCUT2D eigenvalue weighted by molar-refractivity contribution is 6.24. The number of rotatable bonds is 12. The summed E-state index contributed by atoms with van der Waals surface area (Å²) in [6.45, 7) is 0. The molecular formula is C30H32O14.